The van der Waals surface area contributed by atoms with Crippen LogP contribution in [0.25, 0.3) is 0 Å². The summed E-state index contributed by atoms with van der Waals surface area (Å²) < 4.78 is 0. The van der Waals surface area contributed by atoms with Crippen LogP contribution in [0.5, 0.6) is 0 Å². The van der Waals surface area contributed by atoms with Gasteiger partial charge in [-0.2, -0.15) is 0 Å². The molecule has 2 fully saturated rings. The zero-order chi connectivity index (χ0) is 11.4. The molecule has 1 aliphatic carbocycles. The number of aliphatic hydroxyl groups excluding tert-OH is 1. The first-order valence-corrected chi connectivity index (χ1v) is 6.31. The van der Waals surface area contributed by atoms with E-state index in [0.717, 1.165) is 38.6 Å². The van der Waals surface area contributed by atoms with Crippen molar-refractivity contribution < 1.29 is 9.90 Å². The number of carbonyl (C=O) groups is 1. The SMILES string of the molecule is O=C(NC1C[CH]C(O)CC1)[C@@H]1CCCCN1. The number of amides is 1. The van der Waals surface area contributed by atoms with Crippen LogP contribution in [0, 0.1) is 6.42 Å². The highest BCUT2D eigenvalue weighted by Crippen LogP contribution is 2.18. The van der Waals surface area contributed by atoms with Crippen molar-refractivity contribution in [2.24, 2.45) is 0 Å². The van der Waals surface area contributed by atoms with Crippen LogP contribution in [0.15, 0.2) is 0 Å². The molecular formula is C12H21N2O2. The van der Waals surface area contributed by atoms with Crippen LogP contribution < -0.4 is 10.6 Å². The first kappa shape index (κ1) is 11.9. The quantitative estimate of drug-likeness (QED) is 0.636. The van der Waals surface area contributed by atoms with E-state index in [1.165, 1.54) is 6.42 Å². The summed E-state index contributed by atoms with van der Waals surface area (Å²) in [4.78, 5) is 11.9. The zero-order valence-corrected chi connectivity index (χ0v) is 9.61. The molecule has 91 valence electrons. The fourth-order valence-corrected chi connectivity index (χ4v) is 2.44. The fraction of sp³-hybridized carbons (Fsp3) is 0.833. The topological polar surface area (TPSA) is 61.4 Å². The molecule has 0 aromatic rings. The number of piperidine rings is 1. The van der Waals surface area contributed by atoms with E-state index in [-0.39, 0.29) is 24.1 Å². The summed E-state index contributed by atoms with van der Waals surface area (Å²) in [6.45, 7) is 0.952. The zero-order valence-electron chi connectivity index (χ0n) is 9.61. The molecule has 4 heteroatoms. The monoisotopic (exact) mass is 225 g/mol. The summed E-state index contributed by atoms with van der Waals surface area (Å²) in [5, 5.41) is 15.6. The molecule has 0 aromatic carbocycles. The minimum Gasteiger partial charge on any atom is -0.393 e. The van der Waals surface area contributed by atoms with Crippen molar-refractivity contribution in [1.82, 2.24) is 10.6 Å². The number of nitrogens with one attached hydrogen (secondary N) is 2. The Hall–Kier alpha value is -0.610. The predicted octanol–water partition coefficient (Wildman–Crippen LogP) is 0.362. The predicted molar refractivity (Wildman–Crippen MR) is 61.7 cm³/mol. The molecule has 2 unspecified atom stereocenters. The van der Waals surface area contributed by atoms with Gasteiger partial charge < -0.3 is 15.7 Å². The van der Waals surface area contributed by atoms with Crippen LogP contribution in [0.1, 0.15) is 38.5 Å². The van der Waals surface area contributed by atoms with Crippen molar-refractivity contribution in [2.75, 3.05) is 6.54 Å². The second-order valence-corrected chi connectivity index (χ2v) is 4.82. The molecular weight excluding hydrogens is 204 g/mol. The van der Waals surface area contributed by atoms with Crippen molar-refractivity contribution in [3.05, 3.63) is 6.42 Å². The molecule has 3 N–H and O–H groups in total. The number of hydrogen-bond donors (Lipinski definition) is 3. The fourth-order valence-electron chi connectivity index (χ4n) is 2.44. The maximum atomic E-state index is 11.9. The normalized spacial score (nSPS) is 35.7. The van der Waals surface area contributed by atoms with Crippen LogP contribution >= 0.6 is 0 Å². The van der Waals surface area contributed by atoms with Gasteiger partial charge in [0.05, 0.1) is 12.1 Å². The lowest BCUT2D eigenvalue weighted by Crippen LogP contribution is -2.50. The lowest BCUT2D eigenvalue weighted by molar-refractivity contribution is -0.124. The van der Waals surface area contributed by atoms with E-state index < -0.39 is 0 Å². The van der Waals surface area contributed by atoms with Crippen LogP contribution in [-0.2, 0) is 4.79 Å². The summed E-state index contributed by atoms with van der Waals surface area (Å²) in [5.74, 6) is 0.134. The molecule has 0 bridgehead atoms. The smallest absolute Gasteiger partial charge is 0.237 e. The number of carbonyl (C=O) groups excluding carboxylic acids is 1. The van der Waals surface area contributed by atoms with Crippen LogP contribution in [-0.4, -0.2) is 35.7 Å². The molecule has 1 saturated heterocycles. The van der Waals surface area contributed by atoms with E-state index in [4.69, 9.17) is 0 Å². The third kappa shape index (κ3) is 3.19. The third-order valence-electron chi connectivity index (χ3n) is 3.48. The molecule has 0 aromatic heterocycles. The second-order valence-electron chi connectivity index (χ2n) is 4.82. The average molecular weight is 225 g/mol. The molecule has 4 nitrogen and oxygen atoms in total. The molecule has 1 aliphatic heterocycles. The van der Waals surface area contributed by atoms with Crippen molar-refractivity contribution in [2.45, 2.75) is 56.7 Å². The molecule has 2 aliphatic rings. The van der Waals surface area contributed by atoms with Gasteiger partial charge in [-0.05, 0) is 45.1 Å². The third-order valence-corrected chi connectivity index (χ3v) is 3.48. The standard InChI is InChI=1S/C12H21N2O2/c15-10-6-4-9(5-7-10)14-12(16)11-3-1-2-8-13-11/h6,9-11,13,15H,1-5,7-8H2,(H,14,16)/t9?,10?,11-/m0/s1. The molecule has 1 saturated carbocycles. The molecule has 1 heterocycles. The Morgan fingerprint density at radius 3 is 2.81 bits per heavy atom. The summed E-state index contributed by atoms with van der Waals surface area (Å²) in [7, 11) is 0. The first-order valence-electron chi connectivity index (χ1n) is 6.31. The summed E-state index contributed by atoms with van der Waals surface area (Å²) in [5.41, 5.74) is 0. The van der Waals surface area contributed by atoms with Crippen LogP contribution in [0.4, 0.5) is 0 Å². The van der Waals surface area contributed by atoms with Gasteiger partial charge in [-0.3, -0.25) is 4.79 Å². The van der Waals surface area contributed by atoms with Gasteiger partial charge in [0.2, 0.25) is 5.91 Å². The number of aliphatic hydroxyl groups is 1. The lowest BCUT2D eigenvalue weighted by Gasteiger charge is -2.29. The van der Waals surface area contributed by atoms with E-state index in [1.54, 1.807) is 0 Å². The van der Waals surface area contributed by atoms with Crippen molar-refractivity contribution in [3.63, 3.8) is 0 Å². The maximum Gasteiger partial charge on any atom is 0.237 e. The van der Waals surface area contributed by atoms with E-state index >= 15 is 0 Å². The number of hydrogen-bond acceptors (Lipinski definition) is 3. The Balaban J connectivity index is 1.73. The Morgan fingerprint density at radius 2 is 2.19 bits per heavy atom. The Kier molecular flexibility index (Phi) is 4.18. The van der Waals surface area contributed by atoms with E-state index in [0.29, 0.717) is 0 Å². The Bertz CT molecular complexity index is 231. The van der Waals surface area contributed by atoms with E-state index in [1.807, 2.05) is 6.42 Å². The highest BCUT2D eigenvalue weighted by molar-refractivity contribution is 5.82. The van der Waals surface area contributed by atoms with Gasteiger partial charge in [-0.1, -0.05) is 6.42 Å². The van der Waals surface area contributed by atoms with Gasteiger partial charge in [0.15, 0.2) is 0 Å². The van der Waals surface area contributed by atoms with Crippen molar-refractivity contribution in [3.8, 4) is 0 Å². The average Bonchev–Trinajstić information content (AvgIpc) is 2.33. The molecule has 3 atom stereocenters. The second kappa shape index (κ2) is 5.64. The Labute approximate surface area is 96.8 Å². The van der Waals surface area contributed by atoms with Crippen LogP contribution in [0.2, 0.25) is 0 Å². The summed E-state index contributed by atoms with van der Waals surface area (Å²) >= 11 is 0. The van der Waals surface area contributed by atoms with Gasteiger partial charge in [0.25, 0.3) is 0 Å². The number of rotatable bonds is 2. The minimum absolute atomic E-state index is 0.000556. The molecule has 2 rings (SSSR count). The minimum atomic E-state index is -0.277. The van der Waals surface area contributed by atoms with Gasteiger partial charge >= 0.3 is 0 Å². The highest BCUT2D eigenvalue weighted by atomic mass is 16.3. The summed E-state index contributed by atoms with van der Waals surface area (Å²) in [6.07, 6.45) is 7.32. The highest BCUT2D eigenvalue weighted by Gasteiger charge is 2.25. The van der Waals surface area contributed by atoms with Crippen molar-refractivity contribution >= 4 is 5.91 Å². The van der Waals surface area contributed by atoms with Gasteiger partial charge in [0.1, 0.15) is 0 Å². The first-order chi connectivity index (χ1) is 7.75. The largest absolute Gasteiger partial charge is 0.393 e. The van der Waals surface area contributed by atoms with E-state index in [9.17, 15) is 9.90 Å². The molecule has 1 radical (unpaired) electrons. The lowest BCUT2D eigenvalue weighted by atomic mass is 9.92. The van der Waals surface area contributed by atoms with Gasteiger partial charge in [0, 0.05) is 6.04 Å². The van der Waals surface area contributed by atoms with Gasteiger partial charge in [-0.15, -0.1) is 0 Å². The molecule has 16 heavy (non-hydrogen) atoms. The maximum absolute atomic E-state index is 11.9. The van der Waals surface area contributed by atoms with E-state index in [2.05, 4.69) is 10.6 Å². The van der Waals surface area contributed by atoms with Crippen molar-refractivity contribution in [1.29, 1.82) is 0 Å². The summed E-state index contributed by atoms with van der Waals surface area (Å²) in [6, 6.07) is 0.222. The molecule has 0 spiro atoms. The van der Waals surface area contributed by atoms with Gasteiger partial charge in [-0.25, -0.2) is 0 Å². The Morgan fingerprint density at radius 1 is 1.31 bits per heavy atom. The van der Waals surface area contributed by atoms with Crippen LogP contribution in [0.3, 0.4) is 0 Å². The molecule has 1 amide bonds.